The second-order valence-electron chi connectivity index (χ2n) is 2.98. The molecule has 1 radical (unpaired) electrons. The Balaban J connectivity index is 3.06. The summed E-state index contributed by atoms with van der Waals surface area (Å²) in [6.07, 6.45) is -3.94. The van der Waals surface area contributed by atoms with Crippen molar-refractivity contribution in [2.24, 2.45) is 0 Å². The fourth-order valence-electron chi connectivity index (χ4n) is 1.05. The van der Waals surface area contributed by atoms with Gasteiger partial charge in [0, 0.05) is 5.56 Å². The molecule has 0 N–H and O–H groups in total. The lowest BCUT2D eigenvalue weighted by Gasteiger charge is -2.19. The molecule has 0 fully saturated rings. The highest BCUT2D eigenvalue weighted by Crippen LogP contribution is 2.43. The highest BCUT2D eigenvalue weighted by Gasteiger charge is 2.58. The number of hydrogen-bond donors (Lipinski definition) is 0. The second kappa shape index (κ2) is 3.79. The molecule has 0 saturated heterocycles. The third-order valence-corrected chi connectivity index (χ3v) is 1.96. The normalized spacial score (nSPS) is 12.9. The Morgan fingerprint density at radius 3 is 1.73 bits per heavy atom. The highest BCUT2D eigenvalue weighted by atomic mass is 19.4. The van der Waals surface area contributed by atoms with Crippen molar-refractivity contribution in [3.8, 4) is 0 Å². The molecule has 83 valence electrons. The van der Waals surface area contributed by atoms with Crippen molar-refractivity contribution in [1.82, 2.24) is 0 Å². The first-order valence-electron chi connectivity index (χ1n) is 4.13. The Morgan fingerprint density at radius 1 is 0.933 bits per heavy atom. The van der Waals surface area contributed by atoms with Gasteiger partial charge in [0.15, 0.2) is 0 Å². The zero-order valence-electron chi connectivity index (χ0n) is 7.78. The van der Waals surface area contributed by atoms with Crippen LogP contribution < -0.4 is 0 Å². The van der Waals surface area contributed by atoms with Crippen LogP contribution in [0.3, 0.4) is 0 Å². The maximum Gasteiger partial charge on any atom is 0.458 e. The van der Waals surface area contributed by atoms with Gasteiger partial charge in [0.25, 0.3) is 0 Å². The van der Waals surface area contributed by atoms with E-state index in [-0.39, 0.29) is 0 Å². The molecule has 1 aromatic carbocycles. The topological polar surface area (TPSA) is 0 Å². The monoisotopic (exact) mass is 223 g/mol. The van der Waals surface area contributed by atoms with Crippen LogP contribution in [0, 0.1) is 6.42 Å². The van der Waals surface area contributed by atoms with Crippen LogP contribution in [-0.2, 0) is 5.92 Å². The molecule has 0 aromatic heterocycles. The SMILES string of the molecule is C[CH]c1ccc(C(F)(F)C(F)(F)F)cc1. The van der Waals surface area contributed by atoms with Crippen LogP contribution in [0.1, 0.15) is 18.1 Å². The van der Waals surface area contributed by atoms with E-state index < -0.39 is 17.7 Å². The number of hydrogen-bond acceptors (Lipinski definition) is 0. The van der Waals surface area contributed by atoms with E-state index in [0.717, 1.165) is 12.1 Å². The van der Waals surface area contributed by atoms with E-state index in [0.29, 0.717) is 5.56 Å². The highest BCUT2D eigenvalue weighted by molar-refractivity contribution is 5.30. The second-order valence-corrected chi connectivity index (χ2v) is 2.98. The predicted molar refractivity (Wildman–Crippen MR) is 45.5 cm³/mol. The van der Waals surface area contributed by atoms with Gasteiger partial charge in [-0.1, -0.05) is 31.2 Å². The first-order chi connectivity index (χ1) is 6.79. The molecule has 0 saturated carbocycles. The first-order valence-corrected chi connectivity index (χ1v) is 4.13. The molecular weight excluding hydrogens is 215 g/mol. The molecule has 0 atom stereocenters. The lowest BCUT2D eigenvalue weighted by atomic mass is 10.0. The number of alkyl halides is 5. The Bertz CT molecular complexity index is 323. The van der Waals surface area contributed by atoms with Gasteiger partial charge in [0.05, 0.1) is 0 Å². The number of benzene rings is 1. The summed E-state index contributed by atoms with van der Waals surface area (Å²) in [5.74, 6) is -4.79. The average molecular weight is 223 g/mol. The molecular formula is C10H8F5. The van der Waals surface area contributed by atoms with Crippen LogP contribution in [0.25, 0.3) is 0 Å². The standard InChI is InChI=1S/C10H8F5/c1-2-7-3-5-8(6-4-7)9(11,12)10(13,14)15/h2-6H,1H3. The third kappa shape index (κ3) is 2.27. The Labute approximate surface area is 83.7 Å². The Kier molecular flexibility index (Phi) is 3.02. The molecule has 0 spiro atoms. The van der Waals surface area contributed by atoms with Crippen LogP contribution in [0.15, 0.2) is 24.3 Å². The maximum absolute atomic E-state index is 12.8. The quantitative estimate of drug-likeness (QED) is 0.667. The average Bonchev–Trinajstić information content (AvgIpc) is 2.16. The minimum absolute atomic E-state index is 0.594. The molecule has 15 heavy (non-hydrogen) atoms. The number of rotatable bonds is 2. The van der Waals surface area contributed by atoms with Gasteiger partial charge in [-0.3, -0.25) is 0 Å². The number of halogens is 5. The Hall–Kier alpha value is -1.13. The summed E-state index contributed by atoms with van der Waals surface area (Å²) >= 11 is 0. The van der Waals surface area contributed by atoms with E-state index >= 15 is 0 Å². The van der Waals surface area contributed by atoms with E-state index in [4.69, 9.17) is 0 Å². The minimum atomic E-state index is -5.55. The molecule has 0 amide bonds. The maximum atomic E-state index is 12.8. The van der Waals surface area contributed by atoms with Gasteiger partial charge in [-0.25, -0.2) is 0 Å². The van der Waals surface area contributed by atoms with E-state index in [1.165, 1.54) is 12.1 Å². The summed E-state index contributed by atoms with van der Waals surface area (Å²) < 4.78 is 61.4. The van der Waals surface area contributed by atoms with Crippen LogP contribution in [0.4, 0.5) is 22.0 Å². The van der Waals surface area contributed by atoms with Crippen LogP contribution in [-0.4, -0.2) is 6.18 Å². The molecule has 0 heterocycles. The smallest absolute Gasteiger partial charge is 0.191 e. The Morgan fingerprint density at radius 2 is 1.40 bits per heavy atom. The largest absolute Gasteiger partial charge is 0.458 e. The molecule has 0 aliphatic carbocycles. The summed E-state index contributed by atoms with van der Waals surface area (Å²) in [4.78, 5) is 0. The summed E-state index contributed by atoms with van der Waals surface area (Å²) in [6, 6.07) is 4.00. The van der Waals surface area contributed by atoms with Crippen molar-refractivity contribution < 1.29 is 22.0 Å². The van der Waals surface area contributed by atoms with Crippen molar-refractivity contribution in [3.05, 3.63) is 41.8 Å². The molecule has 1 aromatic rings. The van der Waals surface area contributed by atoms with Gasteiger partial charge >= 0.3 is 12.1 Å². The third-order valence-electron chi connectivity index (χ3n) is 1.96. The van der Waals surface area contributed by atoms with Gasteiger partial charge in [0.1, 0.15) is 0 Å². The summed E-state index contributed by atoms with van der Waals surface area (Å²) in [7, 11) is 0. The van der Waals surface area contributed by atoms with Gasteiger partial charge in [-0.2, -0.15) is 22.0 Å². The van der Waals surface area contributed by atoms with E-state index in [1.54, 1.807) is 13.3 Å². The lowest BCUT2D eigenvalue weighted by Crippen LogP contribution is -2.33. The molecule has 0 bridgehead atoms. The predicted octanol–water partition coefficient (Wildman–Crippen LogP) is 3.91. The van der Waals surface area contributed by atoms with E-state index in [1.807, 2.05) is 0 Å². The van der Waals surface area contributed by atoms with Gasteiger partial charge in [-0.05, 0) is 12.0 Å². The van der Waals surface area contributed by atoms with Crippen molar-refractivity contribution in [2.75, 3.05) is 0 Å². The molecule has 0 aliphatic rings. The lowest BCUT2D eigenvalue weighted by molar-refractivity contribution is -0.289. The van der Waals surface area contributed by atoms with Crippen LogP contribution >= 0.6 is 0 Å². The van der Waals surface area contributed by atoms with Crippen molar-refractivity contribution in [2.45, 2.75) is 19.0 Å². The zero-order chi connectivity index (χ0) is 11.7. The molecule has 0 aliphatic heterocycles. The summed E-state index contributed by atoms with van der Waals surface area (Å²) in [5.41, 5.74) is -0.447. The molecule has 0 unspecified atom stereocenters. The molecule has 5 heteroatoms. The molecule has 1 rings (SSSR count). The first kappa shape index (κ1) is 11.9. The summed E-state index contributed by atoms with van der Waals surface area (Å²) in [6.45, 7) is 1.66. The van der Waals surface area contributed by atoms with Crippen LogP contribution in [0.2, 0.25) is 0 Å². The zero-order valence-corrected chi connectivity index (χ0v) is 7.78. The van der Waals surface area contributed by atoms with Crippen molar-refractivity contribution in [1.29, 1.82) is 0 Å². The fourth-order valence-corrected chi connectivity index (χ4v) is 1.05. The van der Waals surface area contributed by atoms with Gasteiger partial charge in [-0.15, -0.1) is 0 Å². The van der Waals surface area contributed by atoms with Gasteiger partial charge in [0.2, 0.25) is 0 Å². The van der Waals surface area contributed by atoms with E-state index in [9.17, 15) is 22.0 Å². The van der Waals surface area contributed by atoms with Gasteiger partial charge < -0.3 is 0 Å². The van der Waals surface area contributed by atoms with Crippen molar-refractivity contribution >= 4 is 0 Å². The van der Waals surface area contributed by atoms with E-state index in [2.05, 4.69) is 0 Å². The fraction of sp³-hybridized carbons (Fsp3) is 0.300. The minimum Gasteiger partial charge on any atom is -0.191 e. The van der Waals surface area contributed by atoms with Crippen molar-refractivity contribution in [3.63, 3.8) is 0 Å². The van der Waals surface area contributed by atoms with Crippen LogP contribution in [0.5, 0.6) is 0 Å². The molecule has 0 nitrogen and oxygen atoms in total. The summed E-state index contributed by atoms with van der Waals surface area (Å²) in [5, 5.41) is 0.